The summed E-state index contributed by atoms with van der Waals surface area (Å²) < 4.78 is 11.0. The van der Waals surface area contributed by atoms with Gasteiger partial charge in [-0.3, -0.25) is 24.6 Å². The number of amides is 2. The van der Waals surface area contributed by atoms with E-state index >= 15 is 0 Å². The summed E-state index contributed by atoms with van der Waals surface area (Å²) in [5, 5.41) is 11.1. The van der Waals surface area contributed by atoms with Crippen LogP contribution in [0.2, 0.25) is 5.02 Å². The van der Waals surface area contributed by atoms with Crippen LogP contribution in [0.1, 0.15) is 28.4 Å². The molecule has 0 bridgehead atoms. The lowest BCUT2D eigenvalue weighted by atomic mass is 10.1. The van der Waals surface area contributed by atoms with E-state index in [1.165, 1.54) is 24.3 Å². The molecule has 2 amide bonds. The molecule has 9 nitrogen and oxygen atoms in total. The Bertz CT molecular complexity index is 1440. The molecule has 0 N–H and O–H groups in total. The molecule has 1 fully saturated rings. The zero-order valence-electron chi connectivity index (χ0n) is 19.4. The molecular formula is C26H19ClN2O7S. The van der Waals surface area contributed by atoms with Gasteiger partial charge in [-0.15, -0.1) is 0 Å². The van der Waals surface area contributed by atoms with Crippen LogP contribution < -0.4 is 9.47 Å². The lowest BCUT2D eigenvalue weighted by Gasteiger charge is -2.13. The molecule has 0 aliphatic carbocycles. The van der Waals surface area contributed by atoms with Crippen molar-refractivity contribution in [3.8, 4) is 11.5 Å². The maximum atomic E-state index is 12.9. The lowest BCUT2D eigenvalue weighted by Crippen LogP contribution is -2.27. The molecular weight excluding hydrogens is 520 g/mol. The third kappa shape index (κ3) is 6.16. The summed E-state index contributed by atoms with van der Waals surface area (Å²) in [7, 11) is 0. The Hall–Kier alpha value is -4.15. The van der Waals surface area contributed by atoms with Gasteiger partial charge in [0.15, 0.2) is 11.5 Å². The maximum absolute atomic E-state index is 12.9. The largest absolute Gasteiger partial charge is 0.490 e. The Morgan fingerprint density at radius 3 is 2.59 bits per heavy atom. The highest BCUT2D eigenvalue weighted by atomic mass is 35.5. The van der Waals surface area contributed by atoms with Crippen LogP contribution in [0.5, 0.6) is 11.5 Å². The van der Waals surface area contributed by atoms with Gasteiger partial charge in [-0.25, -0.2) is 4.79 Å². The first-order valence-corrected chi connectivity index (χ1v) is 12.2. The first kappa shape index (κ1) is 25.9. The highest BCUT2D eigenvalue weighted by molar-refractivity contribution is 8.18. The minimum absolute atomic E-state index is 0.00843. The Balaban J connectivity index is 1.54. The van der Waals surface area contributed by atoms with Crippen molar-refractivity contribution in [1.29, 1.82) is 0 Å². The van der Waals surface area contributed by atoms with E-state index in [1.54, 1.807) is 49.4 Å². The number of nitrogens with zero attached hydrogens (tertiary/aromatic N) is 2. The van der Waals surface area contributed by atoms with Gasteiger partial charge in [0, 0.05) is 17.2 Å². The van der Waals surface area contributed by atoms with E-state index in [-0.39, 0.29) is 40.8 Å². The van der Waals surface area contributed by atoms with Gasteiger partial charge in [0.2, 0.25) is 0 Å². The van der Waals surface area contributed by atoms with Crippen LogP contribution in [0.4, 0.5) is 10.5 Å². The van der Waals surface area contributed by atoms with Crippen molar-refractivity contribution >= 4 is 52.2 Å². The van der Waals surface area contributed by atoms with Crippen molar-refractivity contribution in [2.45, 2.75) is 13.5 Å². The molecule has 0 aromatic heterocycles. The molecule has 188 valence electrons. The molecule has 0 atom stereocenters. The summed E-state index contributed by atoms with van der Waals surface area (Å²) in [6.45, 7) is 2.11. The number of thioether (sulfide) groups is 1. The minimum Gasteiger partial charge on any atom is -0.490 e. The summed E-state index contributed by atoms with van der Waals surface area (Å²) in [5.74, 6) is -0.897. The molecule has 0 spiro atoms. The van der Waals surface area contributed by atoms with Gasteiger partial charge in [0.1, 0.15) is 0 Å². The summed E-state index contributed by atoms with van der Waals surface area (Å²) >= 11 is 6.82. The summed E-state index contributed by atoms with van der Waals surface area (Å²) in [5.41, 5.74) is 1.05. The Morgan fingerprint density at radius 2 is 1.86 bits per heavy atom. The van der Waals surface area contributed by atoms with Gasteiger partial charge in [-0.1, -0.05) is 35.9 Å². The van der Waals surface area contributed by atoms with Crippen LogP contribution in [-0.4, -0.2) is 33.5 Å². The fourth-order valence-electron chi connectivity index (χ4n) is 3.48. The molecule has 37 heavy (non-hydrogen) atoms. The van der Waals surface area contributed by atoms with Gasteiger partial charge >= 0.3 is 5.97 Å². The highest BCUT2D eigenvalue weighted by Gasteiger charge is 2.35. The number of halogens is 1. The second-order valence-corrected chi connectivity index (χ2v) is 9.16. The third-order valence-corrected chi connectivity index (χ3v) is 6.31. The van der Waals surface area contributed by atoms with E-state index in [0.29, 0.717) is 10.6 Å². The number of nitro benzene ring substituents is 1. The smallest absolute Gasteiger partial charge is 0.343 e. The van der Waals surface area contributed by atoms with Crippen molar-refractivity contribution in [2.75, 3.05) is 6.61 Å². The third-order valence-electron chi connectivity index (χ3n) is 5.16. The van der Waals surface area contributed by atoms with E-state index in [2.05, 4.69) is 0 Å². The Labute approximate surface area is 220 Å². The standard InChI is InChI=1S/C26H19ClN2O7S/c1-2-35-22-12-16(9-10-21(22)36-25(31)18-6-4-8-20(14-18)29(33)34)13-23-24(30)28(26(32)37-23)15-17-5-3-7-19(27)11-17/h3-14H,2,15H2,1H3/b23-13-. The van der Waals surface area contributed by atoms with E-state index in [9.17, 15) is 24.5 Å². The van der Waals surface area contributed by atoms with Crippen LogP contribution in [0.3, 0.4) is 0 Å². The van der Waals surface area contributed by atoms with E-state index in [0.717, 1.165) is 28.3 Å². The monoisotopic (exact) mass is 538 g/mol. The normalized spacial score (nSPS) is 14.2. The molecule has 11 heteroatoms. The van der Waals surface area contributed by atoms with Crippen molar-refractivity contribution in [3.05, 3.63) is 103 Å². The van der Waals surface area contributed by atoms with Crippen LogP contribution in [-0.2, 0) is 11.3 Å². The predicted octanol–water partition coefficient (Wildman–Crippen LogP) is 6.10. The molecule has 4 rings (SSSR count). The molecule has 3 aromatic carbocycles. The number of nitro groups is 1. The molecule has 1 aliphatic heterocycles. The molecule has 0 unspecified atom stereocenters. The zero-order valence-corrected chi connectivity index (χ0v) is 21.0. The Kier molecular flexibility index (Phi) is 7.90. The van der Waals surface area contributed by atoms with Gasteiger partial charge in [-0.05, 0) is 66.2 Å². The van der Waals surface area contributed by atoms with Gasteiger partial charge < -0.3 is 9.47 Å². The average molecular weight is 539 g/mol. The number of hydrogen-bond acceptors (Lipinski definition) is 8. The minimum atomic E-state index is -0.792. The number of rotatable bonds is 8. The zero-order chi connectivity index (χ0) is 26.5. The quantitative estimate of drug-likeness (QED) is 0.111. The summed E-state index contributed by atoms with van der Waals surface area (Å²) in [6.07, 6.45) is 1.55. The molecule has 0 radical (unpaired) electrons. The van der Waals surface area contributed by atoms with Crippen LogP contribution in [0.25, 0.3) is 6.08 Å². The van der Waals surface area contributed by atoms with Crippen LogP contribution in [0.15, 0.2) is 71.6 Å². The van der Waals surface area contributed by atoms with Gasteiger partial charge in [0.25, 0.3) is 16.8 Å². The van der Waals surface area contributed by atoms with Crippen molar-refractivity contribution in [1.82, 2.24) is 4.90 Å². The van der Waals surface area contributed by atoms with Crippen LogP contribution in [0, 0.1) is 10.1 Å². The van der Waals surface area contributed by atoms with Gasteiger partial charge in [0.05, 0.1) is 28.5 Å². The molecule has 0 saturated carbocycles. The topological polar surface area (TPSA) is 116 Å². The maximum Gasteiger partial charge on any atom is 0.343 e. The van der Waals surface area contributed by atoms with Crippen LogP contribution >= 0.6 is 23.4 Å². The lowest BCUT2D eigenvalue weighted by molar-refractivity contribution is -0.384. The van der Waals surface area contributed by atoms with Crippen molar-refractivity contribution in [3.63, 3.8) is 0 Å². The number of esters is 1. The summed E-state index contributed by atoms with van der Waals surface area (Å²) in [6, 6.07) is 16.8. The number of ether oxygens (including phenoxy) is 2. The predicted molar refractivity (Wildman–Crippen MR) is 139 cm³/mol. The number of benzene rings is 3. The number of carbonyl (C=O) groups is 3. The highest BCUT2D eigenvalue weighted by Crippen LogP contribution is 2.36. The number of hydrogen-bond donors (Lipinski definition) is 0. The first-order chi connectivity index (χ1) is 17.7. The van der Waals surface area contributed by atoms with Crippen molar-refractivity contribution < 1.29 is 28.8 Å². The Morgan fingerprint density at radius 1 is 1.08 bits per heavy atom. The SMILES string of the molecule is CCOc1cc(/C=C2\SC(=O)N(Cc3cccc(Cl)c3)C2=O)ccc1OC(=O)c1cccc([N+](=O)[O-])c1. The molecule has 1 heterocycles. The fourth-order valence-corrected chi connectivity index (χ4v) is 4.53. The van der Waals surface area contributed by atoms with E-state index in [4.69, 9.17) is 21.1 Å². The second-order valence-electron chi connectivity index (χ2n) is 7.73. The molecule has 1 saturated heterocycles. The van der Waals surface area contributed by atoms with E-state index < -0.39 is 22.0 Å². The fraction of sp³-hybridized carbons (Fsp3) is 0.115. The average Bonchev–Trinajstić information content (AvgIpc) is 3.13. The van der Waals surface area contributed by atoms with Gasteiger partial charge in [-0.2, -0.15) is 0 Å². The number of non-ortho nitro benzene ring substituents is 1. The number of imide groups is 1. The summed E-state index contributed by atoms with van der Waals surface area (Å²) in [4.78, 5) is 49.7. The first-order valence-electron chi connectivity index (χ1n) is 11.0. The second kappa shape index (κ2) is 11.3. The molecule has 1 aliphatic rings. The molecule has 3 aromatic rings. The number of carbonyl (C=O) groups excluding carboxylic acids is 3. The van der Waals surface area contributed by atoms with E-state index in [1.807, 2.05) is 0 Å². The van der Waals surface area contributed by atoms with Crippen molar-refractivity contribution in [2.24, 2.45) is 0 Å².